The molecule has 1 fully saturated rings. The Balaban J connectivity index is 0.00000124. The summed E-state index contributed by atoms with van der Waals surface area (Å²) in [6.45, 7) is 8.36. The maximum absolute atomic E-state index is 8.85. The fourth-order valence-electron chi connectivity index (χ4n) is 3.67. The Kier molecular flexibility index (Phi) is 8.48. The lowest BCUT2D eigenvalue weighted by atomic mass is 10.0. The van der Waals surface area contributed by atoms with Gasteiger partial charge in [-0.1, -0.05) is 50.2 Å². The molecule has 5 heteroatoms. The second-order valence-corrected chi connectivity index (χ2v) is 7.11. The highest BCUT2D eigenvalue weighted by atomic mass is 16.5. The Morgan fingerprint density at radius 2 is 1.73 bits per heavy atom. The van der Waals surface area contributed by atoms with Crippen molar-refractivity contribution >= 4 is 16.6 Å². The molecule has 0 radical (unpaired) electrons. The van der Waals surface area contributed by atoms with E-state index in [4.69, 9.17) is 14.8 Å². The van der Waals surface area contributed by atoms with Crippen LogP contribution in [0.5, 0.6) is 5.75 Å². The van der Waals surface area contributed by atoms with E-state index in [0.29, 0.717) is 6.61 Å². The zero-order chi connectivity index (χ0) is 21.2. The third kappa shape index (κ3) is 5.71. The second-order valence-electron chi connectivity index (χ2n) is 7.11. The molecule has 160 valence electrons. The van der Waals surface area contributed by atoms with E-state index >= 15 is 0 Å². The number of piperazine rings is 1. The van der Waals surface area contributed by atoms with E-state index in [1.165, 1.54) is 16.3 Å². The third-order valence-electron chi connectivity index (χ3n) is 5.14. The van der Waals surface area contributed by atoms with Crippen LogP contribution < -0.4 is 15.0 Å². The molecule has 0 amide bonds. The van der Waals surface area contributed by atoms with Gasteiger partial charge in [-0.05, 0) is 42.0 Å². The number of benzene rings is 2. The molecular weight excluding hydrogens is 374 g/mol. The number of nitrogens with one attached hydrogen (secondary N) is 1. The average Bonchev–Trinajstić information content (AvgIpc) is 2.83. The molecule has 2 heterocycles. The van der Waals surface area contributed by atoms with Crippen molar-refractivity contribution in [2.75, 3.05) is 44.3 Å². The normalized spacial score (nSPS) is 13.6. The van der Waals surface area contributed by atoms with Crippen molar-refractivity contribution in [2.45, 2.75) is 26.7 Å². The summed E-state index contributed by atoms with van der Waals surface area (Å²) in [5, 5.41) is 14.8. The summed E-state index contributed by atoms with van der Waals surface area (Å²) >= 11 is 0. The van der Waals surface area contributed by atoms with Gasteiger partial charge in [0, 0.05) is 37.3 Å². The molecule has 1 aliphatic rings. The maximum Gasteiger partial charge on any atom is 0.136 e. The van der Waals surface area contributed by atoms with E-state index in [0.717, 1.165) is 56.3 Å². The number of aliphatic hydroxyl groups is 1. The van der Waals surface area contributed by atoms with Crippen LogP contribution in [0, 0.1) is 0 Å². The Morgan fingerprint density at radius 3 is 2.47 bits per heavy atom. The van der Waals surface area contributed by atoms with Crippen molar-refractivity contribution in [3.63, 3.8) is 0 Å². The number of aliphatic hydroxyl groups excluding tert-OH is 1. The van der Waals surface area contributed by atoms with E-state index in [1.54, 1.807) is 0 Å². The number of hydrogen-bond donors (Lipinski definition) is 2. The standard InChI is InChI=1S/C23H27N3O2.C2H6/c27-15-16-28-21-9-6-18(7-10-21)5-8-20-17-19-3-1-2-4-22(19)23(25-20)26-13-11-24-12-14-26;1-2/h1-4,6-7,9-10,17,24,27H,5,8,11-16H2;1-2H3. The van der Waals surface area contributed by atoms with Crippen molar-refractivity contribution in [2.24, 2.45) is 0 Å². The fraction of sp³-hybridized carbons (Fsp3) is 0.400. The monoisotopic (exact) mass is 407 g/mol. The number of fused-ring (bicyclic) bond motifs is 1. The van der Waals surface area contributed by atoms with E-state index in [9.17, 15) is 0 Å². The van der Waals surface area contributed by atoms with Gasteiger partial charge in [0.25, 0.3) is 0 Å². The van der Waals surface area contributed by atoms with Gasteiger partial charge in [0.05, 0.1) is 6.61 Å². The highest BCUT2D eigenvalue weighted by Gasteiger charge is 2.15. The van der Waals surface area contributed by atoms with Crippen LogP contribution >= 0.6 is 0 Å². The Bertz CT molecular complexity index is 906. The third-order valence-corrected chi connectivity index (χ3v) is 5.14. The molecule has 1 saturated heterocycles. The quantitative estimate of drug-likeness (QED) is 0.623. The molecule has 3 aromatic rings. The first kappa shape index (κ1) is 22.1. The van der Waals surface area contributed by atoms with Gasteiger partial charge in [0.2, 0.25) is 0 Å². The van der Waals surface area contributed by atoms with Crippen LogP contribution in [-0.2, 0) is 12.8 Å². The fourth-order valence-corrected chi connectivity index (χ4v) is 3.67. The smallest absolute Gasteiger partial charge is 0.136 e. The van der Waals surface area contributed by atoms with Crippen LogP contribution in [0.3, 0.4) is 0 Å². The molecule has 4 rings (SSSR count). The lowest BCUT2D eigenvalue weighted by molar-refractivity contribution is 0.201. The zero-order valence-electron chi connectivity index (χ0n) is 18.1. The number of hydrogen-bond acceptors (Lipinski definition) is 5. The molecule has 30 heavy (non-hydrogen) atoms. The Morgan fingerprint density at radius 1 is 1.00 bits per heavy atom. The number of rotatable bonds is 7. The predicted molar refractivity (Wildman–Crippen MR) is 125 cm³/mol. The molecule has 2 aromatic carbocycles. The van der Waals surface area contributed by atoms with E-state index in [-0.39, 0.29) is 6.61 Å². The largest absolute Gasteiger partial charge is 0.491 e. The lowest BCUT2D eigenvalue weighted by Gasteiger charge is -2.29. The second kappa shape index (κ2) is 11.5. The van der Waals surface area contributed by atoms with Gasteiger partial charge in [-0.25, -0.2) is 4.98 Å². The van der Waals surface area contributed by atoms with Crippen LogP contribution in [0.1, 0.15) is 25.1 Å². The highest BCUT2D eigenvalue weighted by molar-refractivity contribution is 5.92. The number of anilines is 1. The molecule has 0 saturated carbocycles. The van der Waals surface area contributed by atoms with E-state index in [1.807, 2.05) is 26.0 Å². The Hall–Kier alpha value is -2.63. The maximum atomic E-state index is 8.85. The summed E-state index contributed by atoms with van der Waals surface area (Å²) in [6, 6.07) is 18.9. The van der Waals surface area contributed by atoms with E-state index in [2.05, 4.69) is 52.7 Å². The first-order valence-corrected chi connectivity index (χ1v) is 11.0. The van der Waals surface area contributed by atoms with Gasteiger partial charge in [0.15, 0.2) is 0 Å². The van der Waals surface area contributed by atoms with Crippen molar-refractivity contribution in [3.8, 4) is 5.75 Å². The van der Waals surface area contributed by atoms with Gasteiger partial charge < -0.3 is 20.1 Å². The topological polar surface area (TPSA) is 57.6 Å². The summed E-state index contributed by atoms with van der Waals surface area (Å²) in [7, 11) is 0. The van der Waals surface area contributed by atoms with Crippen LogP contribution in [0.15, 0.2) is 54.6 Å². The van der Waals surface area contributed by atoms with Crippen molar-refractivity contribution in [1.29, 1.82) is 0 Å². The zero-order valence-corrected chi connectivity index (χ0v) is 18.1. The van der Waals surface area contributed by atoms with Gasteiger partial charge in [-0.15, -0.1) is 0 Å². The summed E-state index contributed by atoms with van der Waals surface area (Å²) in [6.07, 6.45) is 1.84. The number of ether oxygens (including phenoxy) is 1. The number of nitrogens with zero attached hydrogens (tertiary/aromatic N) is 2. The molecule has 2 N–H and O–H groups in total. The molecule has 1 aliphatic heterocycles. The van der Waals surface area contributed by atoms with E-state index < -0.39 is 0 Å². The molecule has 0 atom stereocenters. The SMILES string of the molecule is CC.OCCOc1ccc(CCc2cc3ccccc3c(N3CCNCC3)n2)cc1. The first-order chi connectivity index (χ1) is 14.8. The molecule has 5 nitrogen and oxygen atoms in total. The van der Waals surface area contributed by atoms with Gasteiger partial charge in [0.1, 0.15) is 18.2 Å². The minimum absolute atomic E-state index is 0.0325. The number of aryl methyl sites for hydroxylation is 2. The molecule has 0 aliphatic carbocycles. The first-order valence-electron chi connectivity index (χ1n) is 11.0. The molecular formula is C25H33N3O2. The van der Waals surface area contributed by atoms with Crippen LogP contribution in [0.2, 0.25) is 0 Å². The predicted octanol–water partition coefficient (Wildman–Crippen LogP) is 3.83. The van der Waals surface area contributed by atoms with Crippen LogP contribution in [-0.4, -0.2) is 49.5 Å². The van der Waals surface area contributed by atoms with Gasteiger partial charge >= 0.3 is 0 Å². The number of pyridine rings is 1. The van der Waals surface area contributed by atoms with Crippen molar-refractivity contribution in [3.05, 3.63) is 65.9 Å². The van der Waals surface area contributed by atoms with Crippen LogP contribution in [0.4, 0.5) is 5.82 Å². The summed E-state index contributed by atoms with van der Waals surface area (Å²) < 4.78 is 5.43. The molecule has 0 bridgehead atoms. The summed E-state index contributed by atoms with van der Waals surface area (Å²) in [5.41, 5.74) is 2.39. The van der Waals surface area contributed by atoms with Crippen LogP contribution in [0.25, 0.3) is 10.8 Å². The van der Waals surface area contributed by atoms with Gasteiger partial charge in [-0.2, -0.15) is 0 Å². The minimum atomic E-state index is 0.0325. The highest BCUT2D eigenvalue weighted by Crippen LogP contribution is 2.26. The van der Waals surface area contributed by atoms with Gasteiger partial charge in [-0.3, -0.25) is 0 Å². The molecule has 1 aromatic heterocycles. The van der Waals surface area contributed by atoms with Crippen molar-refractivity contribution < 1.29 is 9.84 Å². The average molecular weight is 408 g/mol. The number of aromatic nitrogens is 1. The Labute approximate surface area is 179 Å². The lowest BCUT2D eigenvalue weighted by Crippen LogP contribution is -2.44. The minimum Gasteiger partial charge on any atom is -0.491 e. The molecule has 0 spiro atoms. The summed E-state index contributed by atoms with van der Waals surface area (Å²) in [5.74, 6) is 1.91. The molecule has 0 unspecified atom stereocenters. The van der Waals surface area contributed by atoms with Crippen molar-refractivity contribution in [1.82, 2.24) is 10.3 Å². The summed E-state index contributed by atoms with van der Waals surface area (Å²) in [4.78, 5) is 7.44.